The minimum absolute atomic E-state index is 0.0289. The second-order valence-electron chi connectivity index (χ2n) is 4.01. The van der Waals surface area contributed by atoms with Crippen LogP contribution in [0.15, 0.2) is 30.6 Å². The molecule has 10 nitrogen and oxygen atoms in total. The maximum absolute atomic E-state index is 11.3. The maximum atomic E-state index is 11.3. The first-order valence-electron chi connectivity index (χ1n) is 5.98. The van der Waals surface area contributed by atoms with Crippen molar-refractivity contribution in [1.82, 2.24) is 9.97 Å². The Labute approximate surface area is 124 Å². The SMILES string of the molecule is COC(=O)c1ccc(Nc2ncnc(NN)c2[N+](=O)[O-])cc1. The summed E-state index contributed by atoms with van der Waals surface area (Å²) in [7, 11) is 1.28. The van der Waals surface area contributed by atoms with Crippen LogP contribution < -0.4 is 16.6 Å². The van der Waals surface area contributed by atoms with E-state index in [0.29, 0.717) is 11.3 Å². The second-order valence-corrected chi connectivity index (χ2v) is 4.01. The summed E-state index contributed by atoms with van der Waals surface area (Å²) in [6, 6.07) is 6.16. The number of hydrazine groups is 1. The molecule has 1 aromatic heterocycles. The number of ether oxygens (including phenoxy) is 1. The van der Waals surface area contributed by atoms with Crippen LogP contribution in [0, 0.1) is 10.1 Å². The van der Waals surface area contributed by atoms with Gasteiger partial charge in [-0.25, -0.2) is 20.6 Å². The Kier molecular flexibility index (Phi) is 4.44. The predicted octanol–water partition coefficient (Wildman–Crippen LogP) is 1.20. The molecule has 0 bridgehead atoms. The lowest BCUT2D eigenvalue weighted by Gasteiger charge is -2.08. The van der Waals surface area contributed by atoms with Gasteiger partial charge in [0.25, 0.3) is 0 Å². The molecule has 10 heteroatoms. The molecule has 0 unspecified atom stereocenters. The molecule has 22 heavy (non-hydrogen) atoms. The summed E-state index contributed by atoms with van der Waals surface area (Å²) in [6.07, 6.45) is 1.13. The largest absolute Gasteiger partial charge is 0.465 e. The molecular formula is C12H12N6O4. The summed E-state index contributed by atoms with van der Waals surface area (Å²) in [5, 5.41) is 13.9. The van der Waals surface area contributed by atoms with E-state index in [1.807, 2.05) is 0 Å². The molecule has 0 atom stereocenters. The first-order valence-corrected chi connectivity index (χ1v) is 5.98. The lowest BCUT2D eigenvalue weighted by molar-refractivity contribution is -0.383. The number of rotatable bonds is 5. The summed E-state index contributed by atoms with van der Waals surface area (Å²) in [6.45, 7) is 0. The number of hydrogen-bond acceptors (Lipinski definition) is 9. The molecule has 0 fully saturated rings. The maximum Gasteiger partial charge on any atom is 0.354 e. The van der Waals surface area contributed by atoms with Crippen LogP contribution in [0.5, 0.6) is 0 Å². The number of hydrogen-bond donors (Lipinski definition) is 3. The van der Waals surface area contributed by atoms with Crippen LogP contribution in [0.2, 0.25) is 0 Å². The van der Waals surface area contributed by atoms with Crippen molar-refractivity contribution in [3.8, 4) is 0 Å². The number of anilines is 3. The van der Waals surface area contributed by atoms with Gasteiger partial charge in [-0.1, -0.05) is 0 Å². The Morgan fingerprint density at radius 2 is 1.91 bits per heavy atom. The predicted molar refractivity (Wildman–Crippen MR) is 77.6 cm³/mol. The standard InChI is InChI=1S/C12H12N6O4/c1-22-12(19)7-2-4-8(5-3-7)16-10-9(18(20)21)11(17-13)15-6-14-10/h2-6H,13H2,1H3,(H2,14,15,16,17). The summed E-state index contributed by atoms with van der Waals surface area (Å²) >= 11 is 0. The van der Waals surface area contributed by atoms with Gasteiger partial charge in [0.1, 0.15) is 6.33 Å². The monoisotopic (exact) mass is 304 g/mol. The highest BCUT2D eigenvalue weighted by Gasteiger charge is 2.22. The van der Waals surface area contributed by atoms with E-state index in [9.17, 15) is 14.9 Å². The smallest absolute Gasteiger partial charge is 0.354 e. The van der Waals surface area contributed by atoms with E-state index in [4.69, 9.17) is 5.84 Å². The first kappa shape index (κ1) is 15.1. The van der Waals surface area contributed by atoms with E-state index < -0.39 is 10.9 Å². The van der Waals surface area contributed by atoms with Crippen molar-refractivity contribution in [1.29, 1.82) is 0 Å². The lowest BCUT2D eigenvalue weighted by atomic mass is 10.2. The van der Waals surface area contributed by atoms with Gasteiger partial charge in [-0.05, 0) is 24.3 Å². The zero-order chi connectivity index (χ0) is 16.1. The number of aromatic nitrogens is 2. The molecule has 0 aliphatic rings. The van der Waals surface area contributed by atoms with Gasteiger partial charge in [0.05, 0.1) is 17.6 Å². The van der Waals surface area contributed by atoms with Crippen molar-refractivity contribution >= 4 is 29.0 Å². The van der Waals surface area contributed by atoms with E-state index in [-0.39, 0.29) is 17.3 Å². The van der Waals surface area contributed by atoms with E-state index in [0.717, 1.165) is 6.33 Å². The van der Waals surface area contributed by atoms with Crippen molar-refractivity contribution in [2.45, 2.75) is 0 Å². The molecule has 0 aliphatic heterocycles. The van der Waals surface area contributed by atoms with Gasteiger partial charge >= 0.3 is 11.7 Å². The number of nitrogens with zero attached hydrogens (tertiary/aromatic N) is 3. The van der Waals surface area contributed by atoms with Crippen LogP contribution in [0.4, 0.5) is 23.0 Å². The zero-order valence-corrected chi connectivity index (χ0v) is 11.4. The molecule has 1 heterocycles. The van der Waals surface area contributed by atoms with Gasteiger partial charge in [0.15, 0.2) is 0 Å². The number of nitrogens with two attached hydrogens (primary N) is 1. The molecule has 2 rings (SSSR count). The summed E-state index contributed by atoms with van der Waals surface area (Å²) in [5.74, 6) is 4.57. The number of methoxy groups -OCH3 is 1. The fourth-order valence-electron chi connectivity index (χ4n) is 1.69. The normalized spacial score (nSPS) is 9.91. The summed E-state index contributed by atoms with van der Waals surface area (Å²) in [5.41, 5.74) is 2.61. The van der Waals surface area contributed by atoms with Crippen molar-refractivity contribution in [3.63, 3.8) is 0 Å². The molecule has 0 aliphatic carbocycles. The van der Waals surface area contributed by atoms with Gasteiger partial charge in [0.2, 0.25) is 11.6 Å². The van der Waals surface area contributed by atoms with Gasteiger partial charge in [0, 0.05) is 5.69 Å². The molecule has 0 spiro atoms. The zero-order valence-electron chi connectivity index (χ0n) is 11.4. The molecule has 2 aromatic rings. The highest BCUT2D eigenvalue weighted by molar-refractivity contribution is 5.89. The Morgan fingerprint density at radius 1 is 1.27 bits per heavy atom. The molecule has 0 radical (unpaired) electrons. The number of nitrogen functional groups attached to an aromatic ring is 1. The van der Waals surface area contributed by atoms with E-state index in [1.165, 1.54) is 19.2 Å². The molecule has 1 aromatic carbocycles. The highest BCUT2D eigenvalue weighted by Crippen LogP contribution is 2.30. The fraction of sp³-hybridized carbons (Fsp3) is 0.0833. The van der Waals surface area contributed by atoms with E-state index >= 15 is 0 Å². The average Bonchev–Trinajstić information content (AvgIpc) is 2.54. The Balaban J connectivity index is 2.31. The van der Waals surface area contributed by atoms with Crippen LogP contribution in [0.1, 0.15) is 10.4 Å². The number of carbonyl (C=O) groups is 1. The van der Waals surface area contributed by atoms with Gasteiger partial charge in [-0.2, -0.15) is 0 Å². The van der Waals surface area contributed by atoms with Crippen molar-refractivity contribution in [2.24, 2.45) is 5.84 Å². The Morgan fingerprint density at radius 3 is 2.45 bits per heavy atom. The highest BCUT2D eigenvalue weighted by atomic mass is 16.6. The van der Waals surface area contributed by atoms with Crippen LogP contribution in [-0.2, 0) is 4.74 Å². The minimum atomic E-state index is -0.652. The summed E-state index contributed by atoms with van der Waals surface area (Å²) < 4.78 is 4.58. The third-order valence-corrected chi connectivity index (χ3v) is 2.71. The molecule has 4 N–H and O–H groups in total. The third-order valence-electron chi connectivity index (χ3n) is 2.71. The minimum Gasteiger partial charge on any atom is -0.465 e. The number of carbonyl (C=O) groups excluding carboxylic acids is 1. The van der Waals surface area contributed by atoms with Crippen LogP contribution in [0.25, 0.3) is 0 Å². The molecule has 0 saturated carbocycles. The van der Waals surface area contributed by atoms with Crippen LogP contribution in [0.3, 0.4) is 0 Å². The van der Waals surface area contributed by atoms with Gasteiger partial charge in [-0.15, -0.1) is 0 Å². The summed E-state index contributed by atoms with van der Waals surface area (Å²) in [4.78, 5) is 29.3. The number of benzene rings is 1. The molecule has 0 amide bonds. The third kappa shape index (κ3) is 3.07. The number of nitrogens with one attached hydrogen (secondary N) is 2. The van der Waals surface area contributed by atoms with Gasteiger partial charge in [-0.3, -0.25) is 10.1 Å². The fourth-order valence-corrected chi connectivity index (χ4v) is 1.69. The van der Waals surface area contributed by atoms with Crippen LogP contribution >= 0.6 is 0 Å². The Hall–Kier alpha value is -3.27. The Bertz CT molecular complexity index is 703. The number of esters is 1. The topological polar surface area (TPSA) is 145 Å². The van der Waals surface area contributed by atoms with E-state index in [2.05, 4.69) is 25.4 Å². The second kappa shape index (κ2) is 6.45. The molecule has 114 valence electrons. The lowest BCUT2D eigenvalue weighted by Crippen LogP contribution is -2.12. The number of nitro groups is 1. The first-order chi connectivity index (χ1) is 10.6. The van der Waals surface area contributed by atoms with Crippen molar-refractivity contribution in [3.05, 3.63) is 46.3 Å². The quantitative estimate of drug-likeness (QED) is 0.321. The van der Waals surface area contributed by atoms with Crippen LogP contribution in [-0.4, -0.2) is 28.0 Å². The van der Waals surface area contributed by atoms with Crippen molar-refractivity contribution < 1.29 is 14.5 Å². The van der Waals surface area contributed by atoms with Crippen molar-refractivity contribution in [2.75, 3.05) is 17.9 Å². The van der Waals surface area contributed by atoms with E-state index in [1.54, 1.807) is 12.1 Å². The molecular weight excluding hydrogens is 292 g/mol. The van der Waals surface area contributed by atoms with Gasteiger partial charge < -0.3 is 15.5 Å². The average molecular weight is 304 g/mol. The molecule has 0 saturated heterocycles.